The molecule has 18 heavy (non-hydrogen) atoms. The van der Waals surface area contributed by atoms with Crippen LogP contribution in [0.5, 0.6) is 0 Å². The second-order valence-electron chi connectivity index (χ2n) is 3.14. The number of hydrogen-bond donors (Lipinski definition) is 1. The Kier molecular flexibility index (Phi) is 3.73. The zero-order valence-corrected chi connectivity index (χ0v) is 8.89. The van der Waals surface area contributed by atoms with Crippen molar-refractivity contribution in [1.29, 1.82) is 0 Å². The van der Waals surface area contributed by atoms with E-state index in [1.165, 1.54) is 0 Å². The fourth-order valence-electron chi connectivity index (χ4n) is 1.33. The Balaban J connectivity index is 3.65. The molecule has 0 aliphatic rings. The van der Waals surface area contributed by atoms with Gasteiger partial charge >= 0.3 is 12.1 Å². The van der Waals surface area contributed by atoms with E-state index < -0.39 is 41.1 Å². The van der Waals surface area contributed by atoms with E-state index in [9.17, 15) is 26.7 Å². The van der Waals surface area contributed by atoms with Gasteiger partial charge in [0.2, 0.25) is 0 Å². The van der Waals surface area contributed by atoms with E-state index in [4.69, 9.17) is 5.73 Å². The number of ether oxygens (including phenoxy) is 1. The summed E-state index contributed by atoms with van der Waals surface area (Å²) in [6.07, 6.45) is -8.24. The molecule has 0 saturated carbocycles. The van der Waals surface area contributed by atoms with Gasteiger partial charge in [-0.3, -0.25) is 0 Å². The highest BCUT2D eigenvalue weighted by Crippen LogP contribution is 2.40. The van der Waals surface area contributed by atoms with E-state index in [1.807, 2.05) is 0 Å². The predicted molar refractivity (Wildman–Crippen MR) is 49.9 cm³/mol. The molecule has 0 fully saturated rings. The van der Waals surface area contributed by atoms with Crippen LogP contribution in [0.15, 0.2) is 6.20 Å². The summed E-state index contributed by atoms with van der Waals surface area (Å²) in [5, 5.41) is 0. The summed E-state index contributed by atoms with van der Waals surface area (Å²) in [5.74, 6) is -2.40. The van der Waals surface area contributed by atoms with Crippen LogP contribution in [0.3, 0.4) is 0 Å². The quantitative estimate of drug-likeness (QED) is 0.662. The average Bonchev–Trinajstić information content (AvgIpc) is 2.25. The number of methoxy groups -OCH3 is 1. The van der Waals surface area contributed by atoms with Gasteiger partial charge in [0.25, 0.3) is 6.43 Å². The van der Waals surface area contributed by atoms with Gasteiger partial charge < -0.3 is 10.5 Å². The fraction of sp³-hybridized carbons (Fsp3) is 0.333. The molecule has 0 aliphatic heterocycles. The molecule has 1 aromatic heterocycles. The number of alkyl halides is 5. The largest absolute Gasteiger partial charge is 0.465 e. The first-order valence-corrected chi connectivity index (χ1v) is 4.42. The lowest BCUT2D eigenvalue weighted by atomic mass is 10.0. The van der Waals surface area contributed by atoms with Gasteiger partial charge in [0.1, 0.15) is 5.82 Å². The third-order valence-corrected chi connectivity index (χ3v) is 2.05. The van der Waals surface area contributed by atoms with Gasteiger partial charge in [-0.25, -0.2) is 18.6 Å². The summed E-state index contributed by atoms with van der Waals surface area (Å²) in [6.45, 7) is 0. The number of pyridine rings is 1. The summed E-state index contributed by atoms with van der Waals surface area (Å²) >= 11 is 0. The monoisotopic (exact) mass is 270 g/mol. The number of esters is 1. The van der Waals surface area contributed by atoms with E-state index in [0.29, 0.717) is 6.20 Å². The summed E-state index contributed by atoms with van der Waals surface area (Å²) in [5.41, 5.74) is 0.539. The van der Waals surface area contributed by atoms with E-state index >= 15 is 0 Å². The first kappa shape index (κ1) is 14.1. The molecule has 1 aromatic rings. The van der Waals surface area contributed by atoms with Crippen LogP contribution in [0.25, 0.3) is 0 Å². The zero-order chi connectivity index (χ0) is 14.1. The molecule has 0 aromatic carbocycles. The van der Waals surface area contributed by atoms with Gasteiger partial charge in [-0.1, -0.05) is 0 Å². The van der Waals surface area contributed by atoms with Crippen molar-refractivity contribution >= 4 is 11.8 Å². The Morgan fingerprint density at radius 2 is 2.00 bits per heavy atom. The standard InChI is InChI=1S/C9H7F5N2O2/c1-18-8(17)3-2-16-7(15)4(6(10)11)5(3)9(12,13)14/h2,6H,1H3,(H2,15,16). The summed E-state index contributed by atoms with van der Waals surface area (Å²) in [4.78, 5) is 14.3. The van der Waals surface area contributed by atoms with Crippen molar-refractivity contribution in [1.82, 2.24) is 4.98 Å². The lowest BCUT2D eigenvalue weighted by molar-refractivity contribution is -0.140. The Labute approximate surface area is 97.6 Å². The van der Waals surface area contributed by atoms with Crippen molar-refractivity contribution < 1.29 is 31.5 Å². The zero-order valence-electron chi connectivity index (χ0n) is 8.89. The predicted octanol–water partition coefficient (Wildman–Crippen LogP) is 2.41. The lowest BCUT2D eigenvalue weighted by Crippen LogP contribution is -2.19. The number of rotatable bonds is 2. The normalized spacial score (nSPS) is 11.7. The molecule has 9 heteroatoms. The highest BCUT2D eigenvalue weighted by atomic mass is 19.4. The van der Waals surface area contributed by atoms with E-state index in [-0.39, 0.29) is 0 Å². The molecule has 0 saturated heterocycles. The topological polar surface area (TPSA) is 65.2 Å². The highest BCUT2D eigenvalue weighted by Gasteiger charge is 2.42. The first-order valence-electron chi connectivity index (χ1n) is 4.42. The van der Waals surface area contributed by atoms with E-state index in [0.717, 1.165) is 7.11 Å². The van der Waals surface area contributed by atoms with Crippen molar-refractivity contribution in [2.75, 3.05) is 12.8 Å². The third-order valence-electron chi connectivity index (χ3n) is 2.05. The number of nitrogens with two attached hydrogens (primary N) is 1. The Bertz CT molecular complexity index is 473. The summed E-state index contributed by atoms with van der Waals surface area (Å²) < 4.78 is 67.4. The Morgan fingerprint density at radius 3 is 2.39 bits per heavy atom. The van der Waals surface area contributed by atoms with Crippen LogP contribution in [-0.4, -0.2) is 18.1 Å². The Morgan fingerprint density at radius 1 is 1.44 bits per heavy atom. The second-order valence-corrected chi connectivity index (χ2v) is 3.14. The van der Waals surface area contributed by atoms with Crippen molar-refractivity contribution in [3.8, 4) is 0 Å². The molecular weight excluding hydrogens is 263 g/mol. The van der Waals surface area contributed by atoms with Gasteiger partial charge in [-0.15, -0.1) is 0 Å². The van der Waals surface area contributed by atoms with Gasteiger partial charge in [-0.2, -0.15) is 13.2 Å². The van der Waals surface area contributed by atoms with Crippen LogP contribution in [-0.2, 0) is 10.9 Å². The van der Waals surface area contributed by atoms with Crippen LogP contribution in [0.2, 0.25) is 0 Å². The molecule has 1 rings (SSSR count). The molecule has 100 valence electrons. The SMILES string of the molecule is COC(=O)c1cnc(N)c(C(F)F)c1C(F)(F)F. The number of aromatic nitrogens is 1. The number of halogens is 5. The molecule has 2 N–H and O–H groups in total. The third kappa shape index (κ3) is 2.49. The highest BCUT2D eigenvalue weighted by molar-refractivity contribution is 5.91. The van der Waals surface area contributed by atoms with Crippen LogP contribution < -0.4 is 5.73 Å². The smallest absolute Gasteiger partial charge is 0.417 e. The number of nitrogens with zero attached hydrogens (tertiary/aromatic N) is 1. The van der Waals surface area contributed by atoms with Crippen LogP contribution in [0.1, 0.15) is 27.9 Å². The molecule has 0 atom stereocenters. The van der Waals surface area contributed by atoms with Crippen LogP contribution in [0, 0.1) is 0 Å². The maximum Gasteiger partial charge on any atom is 0.417 e. The number of hydrogen-bond acceptors (Lipinski definition) is 4. The van der Waals surface area contributed by atoms with Gasteiger partial charge in [0.05, 0.1) is 23.8 Å². The number of carbonyl (C=O) groups is 1. The minimum absolute atomic E-state index is 0.454. The summed E-state index contributed by atoms with van der Waals surface area (Å²) in [7, 11) is 0.820. The Hall–Kier alpha value is -1.93. The number of carbonyl (C=O) groups excluding carboxylic acids is 1. The molecule has 0 unspecified atom stereocenters. The molecule has 0 aliphatic carbocycles. The van der Waals surface area contributed by atoms with Crippen molar-refractivity contribution in [3.05, 3.63) is 22.9 Å². The molecule has 0 amide bonds. The molecular formula is C9H7F5N2O2. The van der Waals surface area contributed by atoms with Crippen LogP contribution in [0.4, 0.5) is 27.8 Å². The minimum Gasteiger partial charge on any atom is -0.465 e. The maximum atomic E-state index is 12.7. The number of anilines is 1. The van der Waals surface area contributed by atoms with Crippen LogP contribution >= 0.6 is 0 Å². The molecule has 0 radical (unpaired) electrons. The molecule has 0 spiro atoms. The minimum atomic E-state index is -5.17. The van der Waals surface area contributed by atoms with Crippen molar-refractivity contribution in [3.63, 3.8) is 0 Å². The van der Waals surface area contributed by atoms with Gasteiger partial charge in [0, 0.05) is 6.20 Å². The summed E-state index contributed by atoms with van der Waals surface area (Å²) in [6, 6.07) is 0. The van der Waals surface area contributed by atoms with Crippen molar-refractivity contribution in [2.24, 2.45) is 0 Å². The average molecular weight is 270 g/mol. The fourth-order valence-corrected chi connectivity index (χ4v) is 1.33. The van der Waals surface area contributed by atoms with Gasteiger partial charge in [0.15, 0.2) is 0 Å². The second kappa shape index (κ2) is 4.75. The molecule has 4 nitrogen and oxygen atoms in total. The van der Waals surface area contributed by atoms with Gasteiger partial charge in [-0.05, 0) is 0 Å². The first-order chi connectivity index (χ1) is 8.20. The van der Waals surface area contributed by atoms with E-state index in [1.54, 1.807) is 0 Å². The lowest BCUT2D eigenvalue weighted by Gasteiger charge is -2.16. The maximum absolute atomic E-state index is 12.7. The molecule has 0 bridgehead atoms. The molecule has 1 heterocycles. The van der Waals surface area contributed by atoms with Crippen molar-refractivity contribution in [2.45, 2.75) is 12.6 Å². The van der Waals surface area contributed by atoms with E-state index in [2.05, 4.69) is 9.72 Å². The number of nitrogen functional groups attached to an aromatic ring is 1.